The molecule has 27 heavy (non-hydrogen) atoms. The number of rotatable bonds is 6. The minimum absolute atomic E-state index is 0.0189. The van der Waals surface area contributed by atoms with Gasteiger partial charge in [0.25, 0.3) is 5.69 Å². The number of halogens is 2. The Hall–Kier alpha value is -3.56. The Morgan fingerprint density at radius 1 is 1.19 bits per heavy atom. The Morgan fingerprint density at radius 2 is 1.96 bits per heavy atom. The molecule has 0 radical (unpaired) electrons. The van der Waals surface area contributed by atoms with Crippen LogP contribution < -0.4 is 11.1 Å². The predicted molar refractivity (Wildman–Crippen MR) is 91.4 cm³/mol. The maximum Gasteiger partial charge on any atom is 0.419 e. The number of hydrogen-bond acceptors (Lipinski definition) is 5. The van der Waals surface area contributed by atoms with Crippen molar-refractivity contribution in [1.82, 2.24) is 4.57 Å². The van der Waals surface area contributed by atoms with Crippen LogP contribution in [0.3, 0.4) is 0 Å². The van der Waals surface area contributed by atoms with Gasteiger partial charge < -0.3 is 9.73 Å². The van der Waals surface area contributed by atoms with Crippen molar-refractivity contribution in [3.63, 3.8) is 0 Å². The van der Waals surface area contributed by atoms with Crippen molar-refractivity contribution >= 4 is 28.4 Å². The zero-order valence-electron chi connectivity index (χ0n) is 13.8. The summed E-state index contributed by atoms with van der Waals surface area (Å²) in [5, 5.41) is 13.2. The van der Waals surface area contributed by atoms with Gasteiger partial charge in [0.1, 0.15) is 0 Å². The van der Waals surface area contributed by atoms with Crippen LogP contribution in [0, 0.1) is 21.7 Å². The molecule has 2 aromatic carbocycles. The van der Waals surface area contributed by atoms with Gasteiger partial charge in [-0.1, -0.05) is 0 Å². The average Bonchev–Trinajstić information content (AvgIpc) is 2.93. The number of nitrogens with one attached hydrogen (secondary N) is 1. The molecule has 0 bridgehead atoms. The van der Waals surface area contributed by atoms with Gasteiger partial charge in [-0.05, 0) is 24.6 Å². The zero-order valence-corrected chi connectivity index (χ0v) is 13.8. The molecule has 0 aliphatic heterocycles. The topological polar surface area (TPSA) is 107 Å². The number of oxazole rings is 1. The number of nitro groups is 1. The standard InChI is InChI=1S/C17H13F2N3O5/c18-12-5-3-10(8-13(12)19)20-16(23)2-1-7-21-14-6-4-11(22(25)26)9-15(14)27-17(21)24/h3-6,8-9H,1-2,7H2,(H,20,23). The summed E-state index contributed by atoms with van der Waals surface area (Å²) in [6, 6.07) is 6.82. The van der Waals surface area contributed by atoms with Gasteiger partial charge in [-0.3, -0.25) is 19.5 Å². The summed E-state index contributed by atoms with van der Waals surface area (Å²) in [6.07, 6.45) is 0.284. The summed E-state index contributed by atoms with van der Waals surface area (Å²) < 4.78 is 32.2. The molecule has 0 unspecified atom stereocenters. The van der Waals surface area contributed by atoms with Gasteiger partial charge in [-0.15, -0.1) is 0 Å². The minimum Gasteiger partial charge on any atom is -0.407 e. The third kappa shape index (κ3) is 4.00. The smallest absolute Gasteiger partial charge is 0.407 e. The molecule has 1 aromatic heterocycles. The van der Waals surface area contributed by atoms with Crippen LogP contribution in [0.25, 0.3) is 11.1 Å². The van der Waals surface area contributed by atoms with Crippen LogP contribution in [0.4, 0.5) is 20.2 Å². The van der Waals surface area contributed by atoms with Gasteiger partial charge in [-0.2, -0.15) is 0 Å². The minimum atomic E-state index is -1.07. The molecule has 0 spiro atoms. The zero-order chi connectivity index (χ0) is 19.6. The molecule has 140 valence electrons. The molecular weight excluding hydrogens is 364 g/mol. The Morgan fingerprint density at radius 3 is 2.67 bits per heavy atom. The van der Waals surface area contributed by atoms with Crippen molar-refractivity contribution < 1.29 is 22.9 Å². The maximum absolute atomic E-state index is 13.1. The van der Waals surface area contributed by atoms with Gasteiger partial charge in [-0.25, -0.2) is 13.6 Å². The molecular formula is C17H13F2N3O5. The van der Waals surface area contributed by atoms with Crippen molar-refractivity contribution in [2.45, 2.75) is 19.4 Å². The van der Waals surface area contributed by atoms with Crippen LogP contribution in [0.5, 0.6) is 0 Å². The van der Waals surface area contributed by atoms with E-state index in [1.807, 2.05) is 0 Å². The molecule has 0 saturated carbocycles. The molecule has 1 amide bonds. The largest absolute Gasteiger partial charge is 0.419 e. The number of amides is 1. The average molecular weight is 377 g/mol. The maximum atomic E-state index is 13.1. The molecule has 10 heteroatoms. The molecule has 0 fully saturated rings. The number of fused-ring (bicyclic) bond motifs is 1. The lowest BCUT2D eigenvalue weighted by atomic mass is 10.2. The number of benzene rings is 2. The predicted octanol–water partition coefficient (Wildman–Crippen LogP) is 3.20. The molecule has 0 atom stereocenters. The number of nitro benzene ring substituents is 1. The van der Waals surface area contributed by atoms with E-state index in [4.69, 9.17) is 4.42 Å². The number of aryl methyl sites for hydroxylation is 1. The number of hydrogen-bond donors (Lipinski definition) is 1. The first-order valence-corrected chi connectivity index (χ1v) is 7.88. The Labute approximate surface area is 150 Å². The first kappa shape index (κ1) is 18.2. The Balaban J connectivity index is 1.64. The van der Waals surface area contributed by atoms with Crippen molar-refractivity contribution in [3.05, 3.63) is 68.7 Å². The third-order valence-electron chi connectivity index (χ3n) is 3.85. The number of nitrogens with zero attached hydrogens (tertiary/aromatic N) is 2. The summed E-state index contributed by atoms with van der Waals surface area (Å²) in [5.74, 6) is -3.21. The lowest BCUT2D eigenvalue weighted by Crippen LogP contribution is -2.17. The second-order valence-corrected chi connectivity index (χ2v) is 5.71. The summed E-state index contributed by atoms with van der Waals surface area (Å²) in [7, 11) is 0. The Kier molecular flexibility index (Phi) is 4.97. The highest BCUT2D eigenvalue weighted by Gasteiger charge is 2.14. The lowest BCUT2D eigenvalue weighted by Gasteiger charge is -2.06. The molecule has 0 saturated heterocycles. The highest BCUT2D eigenvalue weighted by molar-refractivity contribution is 5.90. The van der Waals surface area contributed by atoms with Crippen LogP contribution in [-0.2, 0) is 11.3 Å². The molecule has 3 aromatic rings. The quantitative estimate of drug-likeness (QED) is 0.524. The summed E-state index contributed by atoms with van der Waals surface area (Å²) in [4.78, 5) is 34.0. The summed E-state index contributed by atoms with van der Waals surface area (Å²) >= 11 is 0. The van der Waals surface area contributed by atoms with Crippen molar-refractivity contribution in [2.75, 3.05) is 5.32 Å². The van der Waals surface area contributed by atoms with Crippen LogP contribution >= 0.6 is 0 Å². The van der Waals surface area contributed by atoms with Crippen LogP contribution in [0.2, 0.25) is 0 Å². The van der Waals surface area contributed by atoms with E-state index < -0.39 is 28.2 Å². The molecule has 1 N–H and O–H groups in total. The second kappa shape index (κ2) is 7.36. The van der Waals surface area contributed by atoms with Gasteiger partial charge >= 0.3 is 5.76 Å². The SMILES string of the molecule is O=C(CCCn1c(=O)oc2cc([N+](=O)[O-])ccc21)Nc1ccc(F)c(F)c1. The summed E-state index contributed by atoms with van der Waals surface area (Å²) in [5.41, 5.74) is 0.387. The molecule has 0 aliphatic carbocycles. The van der Waals surface area contributed by atoms with E-state index in [-0.39, 0.29) is 36.3 Å². The van der Waals surface area contributed by atoms with Crippen molar-refractivity contribution in [1.29, 1.82) is 0 Å². The van der Waals surface area contributed by atoms with E-state index in [2.05, 4.69) is 5.32 Å². The van der Waals surface area contributed by atoms with E-state index in [0.717, 1.165) is 18.2 Å². The lowest BCUT2D eigenvalue weighted by molar-refractivity contribution is -0.384. The number of carbonyl (C=O) groups excluding carboxylic acids is 1. The van der Waals surface area contributed by atoms with Gasteiger partial charge in [0, 0.05) is 30.8 Å². The first-order valence-electron chi connectivity index (χ1n) is 7.88. The van der Waals surface area contributed by atoms with Crippen molar-refractivity contribution in [3.8, 4) is 0 Å². The van der Waals surface area contributed by atoms with E-state index in [1.54, 1.807) is 0 Å². The summed E-state index contributed by atoms with van der Waals surface area (Å²) in [6.45, 7) is 0.148. The number of anilines is 1. The number of aromatic nitrogens is 1. The second-order valence-electron chi connectivity index (χ2n) is 5.71. The van der Waals surface area contributed by atoms with Crippen LogP contribution in [0.1, 0.15) is 12.8 Å². The fourth-order valence-corrected chi connectivity index (χ4v) is 2.58. The van der Waals surface area contributed by atoms with E-state index in [9.17, 15) is 28.5 Å². The van der Waals surface area contributed by atoms with Gasteiger partial charge in [0.05, 0.1) is 16.5 Å². The van der Waals surface area contributed by atoms with Crippen molar-refractivity contribution in [2.24, 2.45) is 0 Å². The highest BCUT2D eigenvalue weighted by atomic mass is 19.2. The fraction of sp³-hybridized carbons (Fsp3) is 0.176. The molecule has 0 aliphatic rings. The molecule has 8 nitrogen and oxygen atoms in total. The van der Waals surface area contributed by atoms with Gasteiger partial charge in [0.2, 0.25) is 5.91 Å². The normalized spacial score (nSPS) is 10.9. The van der Waals surface area contributed by atoms with E-state index in [0.29, 0.717) is 5.52 Å². The third-order valence-corrected chi connectivity index (χ3v) is 3.85. The highest BCUT2D eigenvalue weighted by Crippen LogP contribution is 2.20. The number of non-ortho nitro benzene ring substituents is 1. The molecule has 1 heterocycles. The van der Waals surface area contributed by atoms with Crippen LogP contribution in [0.15, 0.2) is 45.6 Å². The number of carbonyl (C=O) groups is 1. The first-order chi connectivity index (χ1) is 12.8. The van der Waals surface area contributed by atoms with E-state index in [1.165, 1.54) is 22.8 Å². The van der Waals surface area contributed by atoms with Crippen LogP contribution in [-0.4, -0.2) is 15.4 Å². The fourth-order valence-electron chi connectivity index (χ4n) is 2.58. The Bertz CT molecular complexity index is 1090. The van der Waals surface area contributed by atoms with E-state index >= 15 is 0 Å². The molecule has 3 rings (SSSR count). The van der Waals surface area contributed by atoms with Gasteiger partial charge in [0.15, 0.2) is 17.2 Å². The monoisotopic (exact) mass is 377 g/mol.